The van der Waals surface area contributed by atoms with Crippen LogP contribution in [0, 0.1) is 0 Å². The molecule has 1 aromatic rings. The van der Waals surface area contributed by atoms with Gasteiger partial charge in [0, 0.05) is 12.7 Å². The molecule has 1 heteroatoms. The summed E-state index contributed by atoms with van der Waals surface area (Å²) in [5.41, 5.74) is 2.58. The van der Waals surface area contributed by atoms with E-state index in [9.17, 15) is 0 Å². The molecular formula is C12H17N. The van der Waals surface area contributed by atoms with Crippen LogP contribution >= 0.6 is 0 Å². The van der Waals surface area contributed by atoms with Crippen LogP contribution < -0.4 is 5.32 Å². The SMILES string of the molecule is C/C=C/CCc1ccc(NC)cc1. The van der Waals surface area contributed by atoms with Crippen molar-refractivity contribution in [2.45, 2.75) is 19.8 Å². The van der Waals surface area contributed by atoms with Crippen LogP contribution in [0.15, 0.2) is 36.4 Å². The molecule has 0 saturated carbocycles. The minimum absolute atomic E-state index is 1.13. The van der Waals surface area contributed by atoms with Crippen molar-refractivity contribution in [2.75, 3.05) is 12.4 Å². The molecule has 0 unspecified atom stereocenters. The standard InChI is InChI=1S/C12H17N/c1-3-4-5-6-11-7-9-12(13-2)10-8-11/h3-4,7-10,13H,5-6H2,1-2H3/b4-3+. The first kappa shape index (κ1) is 9.85. The lowest BCUT2D eigenvalue weighted by molar-refractivity contribution is 1.000. The Hall–Kier alpha value is -1.24. The number of anilines is 1. The van der Waals surface area contributed by atoms with Gasteiger partial charge in [-0.15, -0.1) is 0 Å². The maximum Gasteiger partial charge on any atom is 0.0337 e. The lowest BCUT2D eigenvalue weighted by atomic mass is 10.1. The van der Waals surface area contributed by atoms with Gasteiger partial charge in [-0.2, -0.15) is 0 Å². The summed E-state index contributed by atoms with van der Waals surface area (Å²) in [6.07, 6.45) is 6.57. The van der Waals surface area contributed by atoms with E-state index < -0.39 is 0 Å². The van der Waals surface area contributed by atoms with Crippen molar-refractivity contribution >= 4 is 5.69 Å². The van der Waals surface area contributed by atoms with Gasteiger partial charge < -0.3 is 5.32 Å². The number of rotatable bonds is 4. The first-order chi connectivity index (χ1) is 6.36. The van der Waals surface area contributed by atoms with Gasteiger partial charge in [0.25, 0.3) is 0 Å². The number of benzene rings is 1. The van der Waals surface area contributed by atoms with E-state index in [1.54, 1.807) is 0 Å². The zero-order chi connectivity index (χ0) is 9.52. The molecule has 1 nitrogen and oxygen atoms in total. The molecule has 0 aliphatic rings. The number of hydrogen-bond acceptors (Lipinski definition) is 1. The smallest absolute Gasteiger partial charge is 0.0337 e. The molecular weight excluding hydrogens is 158 g/mol. The van der Waals surface area contributed by atoms with E-state index in [1.807, 2.05) is 7.05 Å². The van der Waals surface area contributed by atoms with E-state index in [0.717, 1.165) is 12.8 Å². The van der Waals surface area contributed by atoms with Gasteiger partial charge in [-0.25, -0.2) is 0 Å². The zero-order valence-corrected chi connectivity index (χ0v) is 8.38. The fraction of sp³-hybridized carbons (Fsp3) is 0.333. The molecule has 1 rings (SSSR count). The molecule has 1 N–H and O–H groups in total. The highest BCUT2D eigenvalue weighted by molar-refractivity contribution is 5.43. The molecule has 13 heavy (non-hydrogen) atoms. The van der Waals surface area contributed by atoms with Crippen molar-refractivity contribution in [1.29, 1.82) is 0 Å². The molecule has 0 amide bonds. The molecule has 0 aliphatic carbocycles. The lowest BCUT2D eigenvalue weighted by Crippen LogP contribution is -1.88. The molecule has 0 atom stereocenters. The Labute approximate surface area is 80.5 Å². The first-order valence-corrected chi connectivity index (χ1v) is 4.74. The normalized spacial score (nSPS) is 10.6. The van der Waals surface area contributed by atoms with Crippen LogP contribution in [0.5, 0.6) is 0 Å². The Morgan fingerprint density at radius 2 is 1.92 bits per heavy atom. The van der Waals surface area contributed by atoms with Crippen molar-refractivity contribution in [3.8, 4) is 0 Å². The zero-order valence-electron chi connectivity index (χ0n) is 8.38. The molecule has 0 radical (unpaired) electrons. The van der Waals surface area contributed by atoms with Crippen LogP contribution in [-0.2, 0) is 6.42 Å². The van der Waals surface area contributed by atoms with Crippen LogP contribution in [0.3, 0.4) is 0 Å². The molecule has 0 bridgehead atoms. The Bertz CT molecular complexity index is 259. The monoisotopic (exact) mass is 175 g/mol. The van der Waals surface area contributed by atoms with E-state index in [2.05, 4.69) is 48.7 Å². The fourth-order valence-corrected chi connectivity index (χ4v) is 1.25. The second-order valence-electron chi connectivity index (χ2n) is 3.05. The van der Waals surface area contributed by atoms with Crippen molar-refractivity contribution in [1.82, 2.24) is 0 Å². The third-order valence-corrected chi connectivity index (χ3v) is 2.08. The summed E-state index contributed by atoms with van der Waals surface area (Å²) in [6.45, 7) is 2.06. The minimum atomic E-state index is 1.13. The van der Waals surface area contributed by atoms with Gasteiger partial charge in [0.15, 0.2) is 0 Å². The molecule has 0 saturated heterocycles. The Morgan fingerprint density at radius 1 is 1.23 bits per heavy atom. The highest BCUT2D eigenvalue weighted by Gasteiger charge is 1.91. The lowest BCUT2D eigenvalue weighted by Gasteiger charge is -2.01. The number of allylic oxidation sites excluding steroid dienone is 2. The van der Waals surface area contributed by atoms with Gasteiger partial charge in [0.05, 0.1) is 0 Å². The quantitative estimate of drug-likeness (QED) is 0.693. The van der Waals surface area contributed by atoms with Gasteiger partial charge in [-0.3, -0.25) is 0 Å². The van der Waals surface area contributed by atoms with Crippen LogP contribution in [0.4, 0.5) is 5.69 Å². The van der Waals surface area contributed by atoms with E-state index in [4.69, 9.17) is 0 Å². The molecule has 0 heterocycles. The van der Waals surface area contributed by atoms with Gasteiger partial charge in [0.2, 0.25) is 0 Å². The molecule has 70 valence electrons. The van der Waals surface area contributed by atoms with E-state index in [-0.39, 0.29) is 0 Å². The predicted octanol–water partition coefficient (Wildman–Crippen LogP) is 3.24. The van der Waals surface area contributed by atoms with Gasteiger partial charge in [0.1, 0.15) is 0 Å². The molecule has 0 spiro atoms. The van der Waals surface area contributed by atoms with Gasteiger partial charge >= 0.3 is 0 Å². The number of nitrogens with one attached hydrogen (secondary N) is 1. The largest absolute Gasteiger partial charge is 0.388 e. The van der Waals surface area contributed by atoms with Crippen molar-refractivity contribution in [3.05, 3.63) is 42.0 Å². The van der Waals surface area contributed by atoms with Gasteiger partial charge in [-0.1, -0.05) is 24.3 Å². The first-order valence-electron chi connectivity index (χ1n) is 4.74. The maximum absolute atomic E-state index is 3.11. The summed E-state index contributed by atoms with van der Waals surface area (Å²) < 4.78 is 0. The summed E-state index contributed by atoms with van der Waals surface area (Å²) in [5.74, 6) is 0. The van der Waals surface area contributed by atoms with E-state index in [1.165, 1.54) is 11.3 Å². The topological polar surface area (TPSA) is 12.0 Å². The van der Waals surface area contributed by atoms with Crippen LogP contribution in [0.1, 0.15) is 18.9 Å². The predicted molar refractivity (Wildman–Crippen MR) is 59.1 cm³/mol. The summed E-state index contributed by atoms with van der Waals surface area (Å²) in [6, 6.07) is 8.58. The van der Waals surface area contributed by atoms with Crippen molar-refractivity contribution in [3.63, 3.8) is 0 Å². The van der Waals surface area contributed by atoms with Gasteiger partial charge in [-0.05, 0) is 37.5 Å². The summed E-state index contributed by atoms with van der Waals surface area (Å²) >= 11 is 0. The Balaban J connectivity index is 2.49. The van der Waals surface area contributed by atoms with E-state index >= 15 is 0 Å². The summed E-state index contributed by atoms with van der Waals surface area (Å²) in [4.78, 5) is 0. The summed E-state index contributed by atoms with van der Waals surface area (Å²) in [7, 11) is 1.94. The molecule has 0 aromatic heterocycles. The Kier molecular flexibility index (Phi) is 4.10. The third-order valence-electron chi connectivity index (χ3n) is 2.08. The highest BCUT2D eigenvalue weighted by atomic mass is 14.8. The maximum atomic E-state index is 3.11. The van der Waals surface area contributed by atoms with Crippen LogP contribution in [0.2, 0.25) is 0 Å². The average Bonchev–Trinajstić information content (AvgIpc) is 2.19. The van der Waals surface area contributed by atoms with Crippen molar-refractivity contribution in [2.24, 2.45) is 0 Å². The number of aryl methyl sites for hydroxylation is 1. The Morgan fingerprint density at radius 3 is 2.46 bits per heavy atom. The van der Waals surface area contributed by atoms with Crippen LogP contribution in [-0.4, -0.2) is 7.05 Å². The van der Waals surface area contributed by atoms with Crippen molar-refractivity contribution < 1.29 is 0 Å². The highest BCUT2D eigenvalue weighted by Crippen LogP contribution is 2.10. The minimum Gasteiger partial charge on any atom is -0.388 e. The second-order valence-corrected chi connectivity index (χ2v) is 3.05. The fourth-order valence-electron chi connectivity index (χ4n) is 1.25. The second kappa shape index (κ2) is 5.41. The summed E-state index contributed by atoms with van der Waals surface area (Å²) in [5, 5.41) is 3.11. The number of hydrogen-bond donors (Lipinski definition) is 1. The third kappa shape index (κ3) is 3.32. The average molecular weight is 175 g/mol. The molecule has 1 aromatic carbocycles. The van der Waals surface area contributed by atoms with Crippen LogP contribution in [0.25, 0.3) is 0 Å². The molecule has 0 fully saturated rings. The molecule has 0 aliphatic heterocycles. The van der Waals surface area contributed by atoms with E-state index in [0.29, 0.717) is 0 Å².